The second-order valence-electron chi connectivity index (χ2n) is 3.30. The number of hydrogen-bond donors (Lipinski definition) is 1. The van der Waals surface area contributed by atoms with Crippen LogP contribution in [0.1, 0.15) is 23.7 Å². The third-order valence-electron chi connectivity index (χ3n) is 2.18. The first-order valence-electron chi connectivity index (χ1n) is 4.55. The van der Waals surface area contributed by atoms with Crippen LogP contribution in [0, 0.1) is 12.7 Å². The number of carbonyl (C=O) groups is 1. The molecule has 1 aromatic carbocycles. The van der Waals surface area contributed by atoms with Crippen molar-refractivity contribution in [2.75, 3.05) is 7.11 Å². The standard InChI is InChI=1S/C11H13FO3/c1-7-5-8(12)3-4-9(7)10(13)6-11(14)15-2/h3-5,10,13H,6H2,1-2H3. The second-order valence-corrected chi connectivity index (χ2v) is 3.30. The summed E-state index contributed by atoms with van der Waals surface area (Å²) in [5.41, 5.74) is 1.16. The van der Waals surface area contributed by atoms with Gasteiger partial charge >= 0.3 is 5.97 Å². The molecule has 82 valence electrons. The van der Waals surface area contributed by atoms with Crippen LogP contribution in [0.2, 0.25) is 0 Å². The average molecular weight is 212 g/mol. The maximum absolute atomic E-state index is 12.8. The predicted molar refractivity (Wildman–Crippen MR) is 52.7 cm³/mol. The normalized spacial score (nSPS) is 12.3. The fourth-order valence-corrected chi connectivity index (χ4v) is 1.36. The molecule has 0 fully saturated rings. The molecular formula is C11H13FO3. The molecule has 0 heterocycles. The summed E-state index contributed by atoms with van der Waals surface area (Å²) in [6.07, 6.45) is -1.07. The minimum Gasteiger partial charge on any atom is -0.469 e. The molecule has 1 aromatic rings. The van der Waals surface area contributed by atoms with Crippen LogP contribution in [0.4, 0.5) is 4.39 Å². The smallest absolute Gasteiger partial charge is 0.308 e. The number of rotatable bonds is 3. The Morgan fingerprint density at radius 3 is 2.80 bits per heavy atom. The minimum atomic E-state index is -0.946. The van der Waals surface area contributed by atoms with E-state index in [0.29, 0.717) is 11.1 Å². The van der Waals surface area contributed by atoms with Crippen LogP contribution in [-0.4, -0.2) is 18.2 Å². The number of aliphatic hydroxyl groups excluding tert-OH is 1. The monoisotopic (exact) mass is 212 g/mol. The summed E-state index contributed by atoms with van der Waals surface area (Å²) in [7, 11) is 1.26. The van der Waals surface area contributed by atoms with E-state index in [1.807, 2.05) is 0 Å². The third kappa shape index (κ3) is 3.02. The van der Waals surface area contributed by atoms with Gasteiger partial charge in [-0.2, -0.15) is 0 Å². The Bertz CT molecular complexity index is 363. The molecule has 4 heteroatoms. The fraction of sp³-hybridized carbons (Fsp3) is 0.364. The third-order valence-corrected chi connectivity index (χ3v) is 2.18. The predicted octanol–water partition coefficient (Wildman–Crippen LogP) is 1.73. The highest BCUT2D eigenvalue weighted by Crippen LogP contribution is 2.21. The summed E-state index contributed by atoms with van der Waals surface area (Å²) in [6.45, 7) is 1.68. The maximum Gasteiger partial charge on any atom is 0.308 e. The van der Waals surface area contributed by atoms with Crippen LogP contribution in [0.5, 0.6) is 0 Å². The van der Waals surface area contributed by atoms with Crippen molar-refractivity contribution in [3.63, 3.8) is 0 Å². The van der Waals surface area contributed by atoms with Gasteiger partial charge in [-0.1, -0.05) is 6.07 Å². The largest absolute Gasteiger partial charge is 0.469 e. The summed E-state index contributed by atoms with van der Waals surface area (Å²) in [5.74, 6) is -0.854. The van der Waals surface area contributed by atoms with Crippen molar-refractivity contribution in [2.45, 2.75) is 19.4 Å². The van der Waals surface area contributed by atoms with Gasteiger partial charge < -0.3 is 9.84 Å². The van der Waals surface area contributed by atoms with Crippen molar-refractivity contribution in [1.29, 1.82) is 0 Å². The molecule has 3 nitrogen and oxygen atoms in total. The zero-order valence-corrected chi connectivity index (χ0v) is 8.66. The van der Waals surface area contributed by atoms with E-state index >= 15 is 0 Å². The fourth-order valence-electron chi connectivity index (χ4n) is 1.36. The van der Waals surface area contributed by atoms with Crippen LogP contribution >= 0.6 is 0 Å². The highest BCUT2D eigenvalue weighted by Gasteiger charge is 2.15. The molecule has 0 spiro atoms. The quantitative estimate of drug-likeness (QED) is 0.776. The number of aryl methyl sites for hydroxylation is 1. The zero-order chi connectivity index (χ0) is 11.4. The molecule has 0 saturated heterocycles. The highest BCUT2D eigenvalue weighted by molar-refractivity contribution is 5.70. The first kappa shape index (κ1) is 11.7. The molecular weight excluding hydrogens is 199 g/mol. The van der Waals surface area contributed by atoms with Crippen molar-refractivity contribution in [1.82, 2.24) is 0 Å². The van der Waals surface area contributed by atoms with Gasteiger partial charge in [0.1, 0.15) is 5.82 Å². The van der Waals surface area contributed by atoms with Crippen LogP contribution < -0.4 is 0 Å². The number of methoxy groups -OCH3 is 1. The first-order chi connectivity index (χ1) is 7.04. The first-order valence-corrected chi connectivity index (χ1v) is 4.55. The van der Waals surface area contributed by atoms with Gasteiger partial charge in [0.2, 0.25) is 0 Å². The van der Waals surface area contributed by atoms with Crippen molar-refractivity contribution >= 4 is 5.97 Å². The lowest BCUT2D eigenvalue weighted by molar-refractivity contribution is -0.142. The Hall–Kier alpha value is -1.42. The van der Waals surface area contributed by atoms with Gasteiger partial charge in [0.15, 0.2) is 0 Å². The van der Waals surface area contributed by atoms with Crippen LogP contribution in [-0.2, 0) is 9.53 Å². The van der Waals surface area contributed by atoms with E-state index in [1.165, 1.54) is 25.3 Å². The molecule has 1 rings (SSSR count). The average Bonchev–Trinajstić information content (AvgIpc) is 2.17. The molecule has 1 unspecified atom stereocenters. The lowest BCUT2D eigenvalue weighted by Gasteiger charge is -2.12. The SMILES string of the molecule is COC(=O)CC(O)c1ccc(F)cc1C. The Morgan fingerprint density at radius 2 is 2.27 bits per heavy atom. The zero-order valence-electron chi connectivity index (χ0n) is 8.66. The van der Waals surface area contributed by atoms with Gasteiger partial charge in [-0.3, -0.25) is 4.79 Å². The summed E-state index contributed by atoms with van der Waals surface area (Å²) >= 11 is 0. The lowest BCUT2D eigenvalue weighted by Crippen LogP contribution is -2.09. The van der Waals surface area contributed by atoms with Crippen molar-refractivity contribution in [3.05, 3.63) is 35.1 Å². The van der Waals surface area contributed by atoms with Gasteiger partial charge in [-0.25, -0.2) is 4.39 Å². The number of carbonyl (C=O) groups excluding carboxylic acids is 1. The number of halogens is 1. The van der Waals surface area contributed by atoms with E-state index in [-0.39, 0.29) is 12.2 Å². The van der Waals surface area contributed by atoms with Gasteiger partial charge in [-0.15, -0.1) is 0 Å². The molecule has 0 saturated carbocycles. The highest BCUT2D eigenvalue weighted by atomic mass is 19.1. The van der Waals surface area contributed by atoms with Crippen LogP contribution in [0.25, 0.3) is 0 Å². The Labute approximate surface area is 87.5 Å². The van der Waals surface area contributed by atoms with E-state index in [4.69, 9.17) is 0 Å². The number of ether oxygens (including phenoxy) is 1. The number of aliphatic hydroxyl groups is 1. The molecule has 0 aliphatic heterocycles. The maximum atomic E-state index is 12.8. The van der Waals surface area contributed by atoms with Gasteiger partial charge in [0.25, 0.3) is 0 Å². The molecule has 1 N–H and O–H groups in total. The topological polar surface area (TPSA) is 46.5 Å². The summed E-state index contributed by atoms with van der Waals surface area (Å²) in [6, 6.07) is 4.04. The van der Waals surface area contributed by atoms with Crippen molar-refractivity contribution < 1.29 is 19.0 Å². The van der Waals surface area contributed by atoms with Crippen LogP contribution in [0.15, 0.2) is 18.2 Å². The van der Waals surface area contributed by atoms with E-state index in [9.17, 15) is 14.3 Å². The molecule has 0 aliphatic rings. The Morgan fingerprint density at radius 1 is 1.60 bits per heavy atom. The Kier molecular flexibility index (Phi) is 3.80. The molecule has 0 bridgehead atoms. The van der Waals surface area contributed by atoms with Crippen molar-refractivity contribution in [2.24, 2.45) is 0 Å². The molecule has 0 aromatic heterocycles. The van der Waals surface area contributed by atoms with Crippen molar-refractivity contribution in [3.8, 4) is 0 Å². The van der Waals surface area contributed by atoms with E-state index in [2.05, 4.69) is 4.74 Å². The summed E-state index contributed by atoms with van der Waals surface area (Å²) < 4.78 is 17.2. The summed E-state index contributed by atoms with van der Waals surface area (Å²) in [4.78, 5) is 10.9. The van der Waals surface area contributed by atoms with E-state index in [0.717, 1.165) is 0 Å². The van der Waals surface area contributed by atoms with Gasteiger partial charge in [0, 0.05) is 0 Å². The van der Waals surface area contributed by atoms with E-state index in [1.54, 1.807) is 6.92 Å². The molecule has 0 radical (unpaired) electrons. The molecule has 0 aliphatic carbocycles. The second kappa shape index (κ2) is 4.89. The molecule has 1 atom stereocenters. The molecule has 15 heavy (non-hydrogen) atoms. The number of hydrogen-bond acceptors (Lipinski definition) is 3. The van der Waals surface area contributed by atoms with Gasteiger partial charge in [-0.05, 0) is 30.2 Å². The van der Waals surface area contributed by atoms with Crippen LogP contribution in [0.3, 0.4) is 0 Å². The lowest BCUT2D eigenvalue weighted by atomic mass is 10.0. The number of esters is 1. The summed E-state index contributed by atoms with van der Waals surface area (Å²) in [5, 5.41) is 9.67. The minimum absolute atomic E-state index is 0.122. The van der Waals surface area contributed by atoms with E-state index < -0.39 is 12.1 Å². The number of benzene rings is 1. The molecule has 0 amide bonds. The Balaban J connectivity index is 2.82. The van der Waals surface area contributed by atoms with Gasteiger partial charge in [0.05, 0.1) is 19.6 Å².